The summed E-state index contributed by atoms with van der Waals surface area (Å²) in [5.74, 6) is 0.218. The summed E-state index contributed by atoms with van der Waals surface area (Å²) in [5.41, 5.74) is 4.14. The van der Waals surface area contributed by atoms with E-state index in [9.17, 15) is 4.79 Å². The standard InChI is InChI=1S/C16H12O/c17-16-11-13-8-4-5-9-14(13)15(16)10-12-6-2-1-3-7-12/h1-10H,11H2/b15-10-. The van der Waals surface area contributed by atoms with Crippen LogP contribution in [0.5, 0.6) is 0 Å². The summed E-state index contributed by atoms with van der Waals surface area (Å²) in [6.45, 7) is 0. The number of ketones is 1. The number of carbonyl (C=O) groups excluding carboxylic acids is 1. The van der Waals surface area contributed by atoms with E-state index in [1.807, 2.05) is 60.7 Å². The maximum atomic E-state index is 12.0. The first kappa shape index (κ1) is 10.0. The van der Waals surface area contributed by atoms with E-state index in [0.717, 1.165) is 22.3 Å². The number of hydrogen-bond donors (Lipinski definition) is 0. The molecule has 0 N–H and O–H groups in total. The zero-order chi connectivity index (χ0) is 11.7. The van der Waals surface area contributed by atoms with Gasteiger partial charge >= 0.3 is 0 Å². The summed E-state index contributed by atoms with van der Waals surface area (Å²) in [7, 11) is 0. The monoisotopic (exact) mass is 220 g/mol. The zero-order valence-electron chi connectivity index (χ0n) is 9.39. The predicted octanol–water partition coefficient (Wildman–Crippen LogP) is 3.35. The van der Waals surface area contributed by atoms with Crippen LogP contribution in [0.25, 0.3) is 11.6 Å². The Labute approximate surface area is 100 Å². The molecule has 0 radical (unpaired) electrons. The van der Waals surface area contributed by atoms with E-state index < -0.39 is 0 Å². The zero-order valence-corrected chi connectivity index (χ0v) is 9.39. The van der Waals surface area contributed by atoms with E-state index in [-0.39, 0.29) is 5.78 Å². The maximum Gasteiger partial charge on any atom is 0.167 e. The Hall–Kier alpha value is -2.15. The number of allylic oxidation sites excluding steroid dienone is 1. The third kappa shape index (κ3) is 1.80. The molecule has 0 fully saturated rings. The summed E-state index contributed by atoms with van der Waals surface area (Å²) >= 11 is 0. The molecular formula is C16H12O. The molecule has 2 aromatic rings. The molecule has 0 aliphatic heterocycles. The molecule has 0 bridgehead atoms. The Morgan fingerprint density at radius 2 is 1.59 bits per heavy atom. The van der Waals surface area contributed by atoms with Crippen LogP contribution in [0.4, 0.5) is 0 Å². The summed E-state index contributed by atoms with van der Waals surface area (Å²) < 4.78 is 0. The van der Waals surface area contributed by atoms with Gasteiger partial charge in [0.1, 0.15) is 0 Å². The fourth-order valence-electron chi connectivity index (χ4n) is 2.23. The molecule has 0 aromatic heterocycles. The largest absolute Gasteiger partial charge is 0.294 e. The molecule has 0 amide bonds. The molecule has 0 spiro atoms. The third-order valence-corrected chi connectivity index (χ3v) is 3.07. The molecule has 0 saturated carbocycles. The van der Waals surface area contributed by atoms with Gasteiger partial charge in [-0.25, -0.2) is 0 Å². The Kier molecular flexibility index (Phi) is 2.37. The highest BCUT2D eigenvalue weighted by Crippen LogP contribution is 2.30. The minimum atomic E-state index is 0.218. The van der Waals surface area contributed by atoms with Crippen LogP contribution >= 0.6 is 0 Å². The molecule has 0 unspecified atom stereocenters. The van der Waals surface area contributed by atoms with E-state index in [0.29, 0.717) is 6.42 Å². The van der Waals surface area contributed by atoms with E-state index in [4.69, 9.17) is 0 Å². The third-order valence-electron chi connectivity index (χ3n) is 3.07. The van der Waals surface area contributed by atoms with Crippen LogP contribution in [0, 0.1) is 0 Å². The van der Waals surface area contributed by atoms with E-state index >= 15 is 0 Å². The molecule has 0 saturated heterocycles. The highest BCUT2D eigenvalue weighted by molar-refractivity contribution is 6.29. The fraction of sp³-hybridized carbons (Fsp3) is 0.0625. The van der Waals surface area contributed by atoms with Gasteiger partial charge in [-0.3, -0.25) is 4.79 Å². The lowest BCUT2D eigenvalue weighted by molar-refractivity contribution is -0.112. The number of hydrogen-bond acceptors (Lipinski definition) is 1. The second kappa shape index (κ2) is 4.02. The van der Waals surface area contributed by atoms with Crippen LogP contribution in [0.2, 0.25) is 0 Å². The lowest BCUT2D eigenvalue weighted by Crippen LogP contribution is -1.93. The van der Waals surface area contributed by atoms with Crippen LogP contribution in [0.1, 0.15) is 16.7 Å². The van der Waals surface area contributed by atoms with E-state index in [2.05, 4.69) is 0 Å². The lowest BCUT2D eigenvalue weighted by atomic mass is 10.0. The van der Waals surface area contributed by atoms with Crippen LogP contribution in [-0.2, 0) is 11.2 Å². The van der Waals surface area contributed by atoms with Crippen LogP contribution in [0.3, 0.4) is 0 Å². The molecule has 2 aromatic carbocycles. The van der Waals surface area contributed by atoms with Crippen molar-refractivity contribution in [2.24, 2.45) is 0 Å². The smallest absolute Gasteiger partial charge is 0.167 e. The van der Waals surface area contributed by atoms with Gasteiger partial charge in [0.05, 0.1) is 0 Å². The van der Waals surface area contributed by atoms with Crippen molar-refractivity contribution in [2.75, 3.05) is 0 Å². The van der Waals surface area contributed by atoms with Gasteiger partial charge in [-0.1, -0.05) is 54.6 Å². The summed E-state index contributed by atoms with van der Waals surface area (Å²) in [4.78, 5) is 12.0. The number of benzene rings is 2. The van der Waals surface area contributed by atoms with Gasteiger partial charge < -0.3 is 0 Å². The highest BCUT2D eigenvalue weighted by Gasteiger charge is 2.23. The second-order valence-corrected chi connectivity index (χ2v) is 4.23. The molecule has 82 valence electrons. The maximum absolute atomic E-state index is 12.0. The topological polar surface area (TPSA) is 17.1 Å². The Bertz CT molecular complexity index is 594. The molecule has 0 atom stereocenters. The van der Waals surface area contributed by atoms with Crippen molar-refractivity contribution in [3.8, 4) is 0 Å². The number of Topliss-reactive ketones (excluding diaryl/α,β-unsaturated/α-hetero) is 1. The van der Waals surface area contributed by atoms with Gasteiger partial charge in [0.2, 0.25) is 0 Å². The molecule has 1 nitrogen and oxygen atoms in total. The molecule has 1 aliphatic rings. The summed E-state index contributed by atoms with van der Waals surface area (Å²) in [6.07, 6.45) is 2.52. The molecule has 17 heavy (non-hydrogen) atoms. The van der Waals surface area contributed by atoms with Gasteiger partial charge in [-0.2, -0.15) is 0 Å². The predicted molar refractivity (Wildman–Crippen MR) is 69.5 cm³/mol. The SMILES string of the molecule is O=C1Cc2ccccc2/C1=C/c1ccccc1. The Morgan fingerprint density at radius 1 is 0.882 bits per heavy atom. The van der Waals surface area contributed by atoms with Crippen molar-refractivity contribution < 1.29 is 4.79 Å². The number of rotatable bonds is 1. The van der Waals surface area contributed by atoms with Crippen molar-refractivity contribution in [1.29, 1.82) is 0 Å². The number of carbonyl (C=O) groups is 1. The average molecular weight is 220 g/mol. The molecule has 1 aliphatic carbocycles. The van der Waals surface area contributed by atoms with Gasteiger partial charge in [0.15, 0.2) is 5.78 Å². The first-order chi connectivity index (χ1) is 8.34. The van der Waals surface area contributed by atoms with Crippen molar-refractivity contribution in [1.82, 2.24) is 0 Å². The molecule has 0 heterocycles. The minimum Gasteiger partial charge on any atom is -0.294 e. The van der Waals surface area contributed by atoms with Crippen molar-refractivity contribution in [2.45, 2.75) is 6.42 Å². The van der Waals surface area contributed by atoms with Gasteiger partial charge in [-0.05, 0) is 22.8 Å². The van der Waals surface area contributed by atoms with Gasteiger partial charge in [-0.15, -0.1) is 0 Å². The molecule has 3 rings (SSSR count). The van der Waals surface area contributed by atoms with E-state index in [1.165, 1.54) is 0 Å². The summed E-state index contributed by atoms with van der Waals surface area (Å²) in [6, 6.07) is 18.0. The van der Waals surface area contributed by atoms with Crippen molar-refractivity contribution >= 4 is 17.4 Å². The number of fused-ring (bicyclic) bond motifs is 1. The second-order valence-electron chi connectivity index (χ2n) is 4.23. The van der Waals surface area contributed by atoms with Crippen LogP contribution in [-0.4, -0.2) is 5.78 Å². The normalized spacial score (nSPS) is 16.2. The van der Waals surface area contributed by atoms with Crippen molar-refractivity contribution in [3.63, 3.8) is 0 Å². The first-order valence-corrected chi connectivity index (χ1v) is 5.73. The van der Waals surface area contributed by atoms with Gasteiger partial charge in [0.25, 0.3) is 0 Å². The van der Waals surface area contributed by atoms with Gasteiger partial charge in [0, 0.05) is 12.0 Å². The Balaban J connectivity index is 2.10. The molecule has 1 heteroatoms. The molecular weight excluding hydrogens is 208 g/mol. The van der Waals surface area contributed by atoms with Crippen molar-refractivity contribution in [3.05, 3.63) is 71.3 Å². The van der Waals surface area contributed by atoms with Crippen LogP contribution < -0.4 is 0 Å². The highest BCUT2D eigenvalue weighted by atomic mass is 16.1. The Morgan fingerprint density at radius 3 is 2.41 bits per heavy atom. The fourth-order valence-corrected chi connectivity index (χ4v) is 2.23. The first-order valence-electron chi connectivity index (χ1n) is 5.73. The van der Waals surface area contributed by atoms with E-state index in [1.54, 1.807) is 0 Å². The summed E-state index contributed by atoms with van der Waals surface area (Å²) in [5, 5.41) is 0. The quantitative estimate of drug-likeness (QED) is 0.673. The average Bonchev–Trinajstić information content (AvgIpc) is 2.68. The lowest BCUT2D eigenvalue weighted by Gasteiger charge is -1.99. The van der Waals surface area contributed by atoms with Crippen LogP contribution in [0.15, 0.2) is 54.6 Å². The minimum absolute atomic E-state index is 0.218.